The van der Waals surface area contributed by atoms with Gasteiger partial charge in [0.15, 0.2) is 5.12 Å². The molecule has 1 aromatic carbocycles. The Hall–Kier alpha value is -3.66. The molecule has 0 aliphatic carbocycles. The molecule has 3 rings (SSSR count). The highest BCUT2D eigenvalue weighted by Crippen LogP contribution is 2.31. The summed E-state index contributed by atoms with van der Waals surface area (Å²) >= 11 is 3.82. The highest BCUT2D eigenvalue weighted by molar-refractivity contribution is 7.96. The topological polar surface area (TPSA) is 115 Å². The van der Waals surface area contributed by atoms with Crippen molar-refractivity contribution in [3.8, 4) is 0 Å². The Kier molecular flexibility index (Phi) is 8.42. The first kappa shape index (κ1) is 25.0. The molecule has 2 unspecified atom stereocenters. The molecular weight excluding hydrogens is 458 g/mol. The molecule has 2 heterocycles. The number of pyridine rings is 1. The van der Waals surface area contributed by atoms with Crippen LogP contribution in [0.4, 0.5) is 10.5 Å². The number of esters is 1. The molecule has 1 aliphatic heterocycles. The maximum Gasteiger partial charge on any atom is 0.410 e. The van der Waals surface area contributed by atoms with Crippen LogP contribution in [0.3, 0.4) is 0 Å². The molecule has 0 bridgehead atoms. The van der Waals surface area contributed by atoms with Crippen molar-refractivity contribution in [3.63, 3.8) is 0 Å². The largest absolute Gasteiger partial charge is 0.458 e. The number of amides is 2. The van der Waals surface area contributed by atoms with Gasteiger partial charge in [-0.2, -0.15) is 0 Å². The third-order valence-corrected chi connectivity index (χ3v) is 5.47. The van der Waals surface area contributed by atoms with Crippen molar-refractivity contribution in [2.24, 2.45) is 5.92 Å². The van der Waals surface area contributed by atoms with Crippen LogP contribution in [0, 0.1) is 5.92 Å². The number of carbonyl (C=O) groups is 4. The summed E-state index contributed by atoms with van der Waals surface area (Å²) in [7, 11) is 0. The van der Waals surface area contributed by atoms with E-state index in [1.165, 1.54) is 29.3 Å². The Bertz CT molecular complexity index is 1130. The number of hydrogen-bond acceptors (Lipinski definition) is 7. The summed E-state index contributed by atoms with van der Waals surface area (Å²) in [5.74, 6) is -1.31. The van der Waals surface area contributed by atoms with Crippen molar-refractivity contribution >= 4 is 52.3 Å². The molecule has 2 aromatic rings. The molecule has 0 saturated carbocycles. The summed E-state index contributed by atoms with van der Waals surface area (Å²) in [5.41, 5.74) is 1.06. The third-order valence-electron chi connectivity index (χ3n) is 5.29. The third kappa shape index (κ3) is 5.82. The Morgan fingerprint density at radius 1 is 1.15 bits per heavy atom. The maximum absolute atomic E-state index is 13.3. The predicted molar refractivity (Wildman–Crippen MR) is 130 cm³/mol. The first-order chi connectivity index (χ1) is 16.3. The molecule has 2 amide bonds. The molecule has 10 heteroatoms. The number of nitrogens with one attached hydrogen (secondary N) is 1. The zero-order chi connectivity index (χ0) is 24.7. The normalized spacial score (nSPS) is 17.1. The predicted octanol–water partition coefficient (Wildman–Crippen LogP) is 3.38. The number of fused-ring (bicyclic) bond motifs is 1. The van der Waals surface area contributed by atoms with Crippen LogP contribution in [0.15, 0.2) is 55.8 Å². The molecule has 34 heavy (non-hydrogen) atoms. The number of hydrogen-bond donors (Lipinski definition) is 2. The lowest BCUT2D eigenvalue weighted by Crippen LogP contribution is -2.43. The van der Waals surface area contributed by atoms with Gasteiger partial charge in [0.05, 0.1) is 16.8 Å². The number of benzene rings is 1. The summed E-state index contributed by atoms with van der Waals surface area (Å²) in [6.45, 7) is 7.25. The van der Waals surface area contributed by atoms with Gasteiger partial charge in [-0.05, 0) is 30.5 Å². The van der Waals surface area contributed by atoms with Gasteiger partial charge in [0, 0.05) is 24.5 Å². The van der Waals surface area contributed by atoms with Crippen molar-refractivity contribution in [3.05, 3.63) is 61.3 Å². The van der Waals surface area contributed by atoms with Gasteiger partial charge in [-0.15, -0.1) is 12.6 Å². The first-order valence-corrected chi connectivity index (χ1v) is 11.0. The first-order valence-electron chi connectivity index (χ1n) is 10.6. The number of ether oxygens (including phenoxy) is 2. The molecule has 1 saturated heterocycles. The van der Waals surface area contributed by atoms with Crippen molar-refractivity contribution in [1.29, 1.82) is 0 Å². The van der Waals surface area contributed by atoms with Gasteiger partial charge in [-0.25, -0.2) is 9.59 Å². The summed E-state index contributed by atoms with van der Waals surface area (Å²) in [6, 6.07) is 5.66. The van der Waals surface area contributed by atoms with E-state index in [0.717, 1.165) is 0 Å². The van der Waals surface area contributed by atoms with Crippen LogP contribution in [0.1, 0.15) is 23.2 Å². The monoisotopic (exact) mass is 483 g/mol. The van der Waals surface area contributed by atoms with Gasteiger partial charge in [0.25, 0.3) is 0 Å². The van der Waals surface area contributed by atoms with E-state index in [0.29, 0.717) is 16.6 Å². The van der Waals surface area contributed by atoms with Crippen LogP contribution in [0.5, 0.6) is 0 Å². The summed E-state index contributed by atoms with van der Waals surface area (Å²) in [4.78, 5) is 55.5. The van der Waals surface area contributed by atoms with Crippen molar-refractivity contribution < 1.29 is 28.7 Å². The van der Waals surface area contributed by atoms with E-state index in [9.17, 15) is 19.2 Å². The Balaban J connectivity index is 1.90. The second-order valence-electron chi connectivity index (χ2n) is 7.67. The molecule has 0 radical (unpaired) electrons. The summed E-state index contributed by atoms with van der Waals surface area (Å²) in [6.07, 6.45) is 4.06. The summed E-state index contributed by atoms with van der Waals surface area (Å²) < 4.78 is 10.3. The van der Waals surface area contributed by atoms with Gasteiger partial charge < -0.3 is 14.8 Å². The lowest BCUT2D eigenvalue weighted by Gasteiger charge is -2.23. The molecule has 1 aromatic heterocycles. The lowest BCUT2D eigenvalue weighted by atomic mass is 10.0. The van der Waals surface area contributed by atoms with Gasteiger partial charge in [-0.1, -0.05) is 31.4 Å². The van der Waals surface area contributed by atoms with Crippen LogP contribution in [0.2, 0.25) is 0 Å². The quantitative estimate of drug-likeness (QED) is 0.319. The maximum atomic E-state index is 13.3. The zero-order valence-corrected chi connectivity index (χ0v) is 19.3. The van der Waals surface area contributed by atoms with E-state index in [4.69, 9.17) is 9.47 Å². The Morgan fingerprint density at radius 2 is 1.88 bits per heavy atom. The van der Waals surface area contributed by atoms with Gasteiger partial charge >= 0.3 is 12.1 Å². The van der Waals surface area contributed by atoms with E-state index in [2.05, 4.69) is 36.1 Å². The minimum atomic E-state index is -0.877. The number of likely N-dealkylation sites (tertiary alicyclic amines) is 1. The Morgan fingerprint density at radius 3 is 2.59 bits per heavy atom. The average molecular weight is 484 g/mol. The molecule has 0 spiro atoms. The SMILES string of the molecule is C=CCOC(=O)c1ccnc2cccc(NC(=O)C3CC(CC(=O)S)CN3C(=O)OCC=C)c12. The smallest absolute Gasteiger partial charge is 0.410 e. The molecular formula is C24H25N3O6S. The molecule has 9 nitrogen and oxygen atoms in total. The Labute approximate surface area is 202 Å². The van der Waals surface area contributed by atoms with Crippen LogP contribution in [-0.4, -0.2) is 58.8 Å². The molecule has 1 fully saturated rings. The zero-order valence-electron chi connectivity index (χ0n) is 18.4. The van der Waals surface area contributed by atoms with Gasteiger partial charge in [-0.3, -0.25) is 19.5 Å². The molecule has 2 atom stereocenters. The number of aromatic nitrogens is 1. The lowest BCUT2D eigenvalue weighted by molar-refractivity contribution is -0.120. The van der Waals surface area contributed by atoms with E-state index in [1.807, 2.05) is 0 Å². The second kappa shape index (κ2) is 11.5. The van der Waals surface area contributed by atoms with E-state index < -0.39 is 24.0 Å². The van der Waals surface area contributed by atoms with Gasteiger partial charge in [0.1, 0.15) is 19.3 Å². The number of carbonyl (C=O) groups excluding carboxylic acids is 4. The molecule has 1 aliphatic rings. The highest BCUT2D eigenvalue weighted by atomic mass is 32.1. The van der Waals surface area contributed by atoms with Crippen molar-refractivity contribution in [2.75, 3.05) is 25.1 Å². The van der Waals surface area contributed by atoms with Crippen LogP contribution in [-0.2, 0) is 19.1 Å². The summed E-state index contributed by atoms with van der Waals surface area (Å²) in [5, 5.41) is 2.90. The van der Waals surface area contributed by atoms with Crippen LogP contribution < -0.4 is 5.32 Å². The second-order valence-corrected chi connectivity index (χ2v) is 8.17. The standard InChI is InChI=1S/C24H25N3O6S/c1-3-10-32-23(30)16-8-9-25-17-6-5-7-18(21(16)17)26-22(29)19-12-15(13-20(28)34)14-27(19)24(31)33-11-4-2/h3-9,15,19H,1-2,10-14H2,(H,26,29)(H,28,34). The fraction of sp³-hybridized carbons (Fsp3) is 0.292. The molecule has 178 valence electrons. The van der Waals surface area contributed by atoms with E-state index >= 15 is 0 Å². The van der Waals surface area contributed by atoms with Gasteiger partial charge in [0.2, 0.25) is 5.91 Å². The number of anilines is 1. The number of nitrogens with zero attached hydrogens (tertiary/aromatic N) is 2. The fourth-order valence-electron chi connectivity index (χ4n) is 3.89. The van der Waals surface area contributed by atoms with Crippen LogP contribution >= 0.6 is 12.6 Å². The van der Waals surface area contributed by atoms with E-state index in [-0.39, 0.29) is 49.2 Å². The minimum Gasteiger partial charge on any atom is -0.458 e. The van der Waals surface area contributed by atoms with Crippen molar-refractivity contribution in [1.82, 2.24) is 9.88 Å². The average Bonchev–Trinajstić information content (AvgIpc) is 3.24. The number of rotatable bonds is 9. The highest BCUT2D eigenvalue weighted by Gasteiger charge is 2.41. The van der Waals surface area contributed by atoms with Crippen molar-refractivity contribution in [2.45, 2.75) is 18.9 Å². The van der Waals surface area contributed by atoms with E-state index in [1.54, 1.807) is 18.2 Å². The number of thiol groups is 1. The fourth-order valence-corrected chi connectivity index (χ4v) is 4.15. The van der Waals surface area contributed by atoms with Crippen LogP contribution in [0.25, 0.3) is 10.9 Å². The minimum absolute atomic E-state index is 0.00892. The molecule has 1 N–H and O–H groups in total.